The molecule has 1 unspecified atom stereocenters. The molecule has 0 aromatic heterocycles. The minimum Gasteiger partial charge on any atom is -0.312 e. The van der Waals surface area contributed by atoms with E-state index in [1.807, 2.05) is 31.2 Å². The molecule has 2 fully saturated rings. The number of carbonyl (C=O) groups excluding carboxylic acids is 2. The highest BCUT2D eigenvalue weighted by molar-refractivity contribution is 6.21. The summed E-state index contributed by atoms with van der Waals surface area (Å²) >= 11 is 0. The van der Waals surface area contributed by atoms with Crippen molar-refractivity contribution in [1.82, 2.24) is 10.2 Å². The lowest BCUT2D eigenvalue weighted by atomic mass is 10.2. The number of aryl methyl sites for hydroxylation is 1. The largest absolute Gasteiger partial charge is 0.332 e. The predicted molar refractivity (Wildman–Crippen MR) is 67.4 cm³/mol. The Morgan fingerprint density at radius 2 is 1.94 bits per heavy atom. The van der Waals surface area contributed by atoms with Crippen LogP contribution in [-0.4, -0.2) is 42.5 Å². The van der Waals surface area contributed by atoms with Crippen molar-refractivity contribution >= 4 is 17.6 Å². The molecule has 0 aliphatic carbocycles. The number of hydrogen-bond acceptors (Lipinski definition) is 3. The van der Waals surface area contributed by atoms with Gasteiger partial charge in [-0.2, -0.15) is 0 Å². The highest BCUT2D eigenvalue weighted by Crippen LogP contribution is 2.25. The molecule has 3 amide bonds. The standard InChI is InChI=1S/C13H15N3O2/c1-9-2-4-10(5-3-9)16-12(17)11-8-14-6-7-15(11)13(16)18/h2-5,11,14H,6-8H2,1H3. The van der Waals surface area contributed by atoms with Crippen molar-refractivity contribution in [3.05, 3.63) is 29.8 Å². The Morgan fingerprint density at radius 3 is 2.61 bits per heavy atom. The Morgan fingerprint density at radius 1 is 1.22 bits per heavy atom. The highest BCUT2D eigenvalue weighted by atomic mass is 16.2. The molecule has 94 valence electrons. The molecule has 0 saturated carbocycles. The van der Waals surface area contributed by atoms with E-state index < -0.39 is 0 Å². The van der Waals surface area contributed by atoms with Crippen molar-refractivity contribution < 1.29 is 9.59 Å². The average Bonchev–Trinajstić information content (AvgIpc) is 2.64. The first-order chi connectivity index (χ1) is 8.68. The normalized spacial score (nSPS) is 23.5. The molecule has 1 aromatic carbocycles. The summed E-state index contributed by atoms with van der Waals surface area (Å²) in [5.74, 6) is -0.129. The Labute approximate surface area is 105 Å². The van der Waals surface area contributed by atoms with Crippen LogP contribution in [0.4, 0.5) is 10.5 Å². The zero-order valence-corrected chi connectivity index (χ0v) is 10.2. The number of nitrogens with one attached hydrogen (secondary N) is 1. The Balaban J connectivity index is 1.95. The summed E-state index contributed by atoms with van der Waals surface area (Å²) in [7, 11) is 0. The number of rotatable bonds is 1. The van der Waals surface area contributed by atoms with Gasteiger partial charge in [-0.3, -0.25) is 4.79 Å². The molecule has 0 spiro atoms. The minimum atomic E-state index is -0.340. The first-order valence-electron chi connectivity index (χ1n) is 6.10. The van der Waals surface area contributed by atoms with Crippen LogP contribution in [-0.2, 0) is 4.79 Å². The van der Waals surface area contributed by atoms with E-state index in [0.717, 1.165) is 12.1 Å². The number of urea groups is 1. The van der Waals surface area contributed by atoms with Crippen LogP contribution in [0.2, 0.25) is 0 Å². The van der Waals surface area contributed by atoms with Gasteiger partial charge in [-0.1, -0.05) is 17.7 Å². The van der Waals surface area contributed by atoms with Gasteiger partial charge in [0.2, 0.25) is 0 Å². The Bertz CT molecular complexity index is 473. The first-order valence-corrected chi connectivity index (χ1v) is 6.10. The molecule has 2 saturated heterocycles. The van der Waals surface area contributed by atoms with Gasteiger partial charge in [0.25, 0.3) is 5.91 Å². The average molecular weight is 245 g/mol. The van der Waals surface area contributed by atoms with Gasteiger partial charge in [0.15, 0.2) is 0 Å². The predicted octanol–water partition coefficient (Wildman–Crippen LogP) is 0.735. The number of nitrogens with zero attached hydrogens (tertiary/aromatic N) is 2. The molecule has 2 aliphatic rings. The third kappa shape index (κ3) is 1.59. The molecule has 1 N–H and O–H groups in total. The Kier molecular flexibility index (Phi) is 2.56. The molecule has 2 aliphatic heterocycles. The summed E-state index contributed by atoms with van der Waals surface area (Å²) in [6.07, 6.45) is 0. The molecule has 18 heavy (non-hydrogen) atoms. The molecule has 0 bridgehead atoms. The lowest BCUT2D eigenvalue weighted by Gasteiger charge is -2.26. The van der Waals surface area contributed by atoms with Gasteiger partial charge in [-0.15, -0.1) is 0 Å². The summed E-state index contributed by atoms with van der Waals surface area (Å²) in [5, 5.41) is 3.15. The maximum atomic E-state index is 12.3. The van der Waals surface area contributed by atoms with Crippen LogP contribution in [0.3, 0.4) is 0 Å². The number of imide groups is 1. The van der Waals surface area contributed by atoms with E-state index in [9.17, 15) is 9.59 Å². The van der Waals surface area contributed by atoms with Crippen molar-refractivity contribution in [3.63, 3.8) is 0 Å². The van der Waals surface area contributed by atoms with Crippen molar-refractivity contribution in [3.8, 4) is 0 Å². The van der Waals surface area contributed by atoms with E-state index in [1.54, 1.807) is 4.90 Å². The molecule has 2 heterocycles. The van der Waals surface area contributed by atoms with Crippen LogP contribution in [0, 0.1) is 6.92 Å². The fraction of sp³-hybridized carbons (Fsp3) is 0.385. The van der Waals surface area contributed by atoms with E-state index >= 15 is 0 Å². The zero-order valence-electron chi connectivity index (χ0n) is 10.2. The van der Waals surface area contributed by atoms with Gasteiger partial charge in [0.1, 0.15) is 6.04 Å². The fourth-order valence-electron chi connectivity index (χ4n) is 2.46. The van der Waals surface area contributed by atoms with Gasteiger partial charge >= 0.3 is 6.03 Å². The first kappa shape index (κ1) is 11.2. The van der Waals surface area contributed by atoms with Crippen molar-refractivity contribution in [2.24, 2.45) is 0 Å². The van der Waals surface area contributed by atoms with Crippen LogP contribution in [0.1, 0.15) is 5.56 Å². The molecule has 1 atom stereocenters. The van der Waals surface area contributed by atoms with Crippen molar-refractivity contribution in [2.45, 2.75) is 13.0 Å². The third-order valence-electron chi connectivity index (χ3n) is 3.48. The monoisotopic (exact) mass is 245 g/mol. The number of fused-ring (bicyclic) bond motifs is 1. The zero-order chi connectivity index (χ0) is 12.7. The van der Waals surface area contributed by atoms with E-state index in [-0.39, 0.29) is 18.0 Å². The van der Waals surface area contributed by atoms with Gasteiger partial charge in [-0.25, -0.2) is 9.69 Å². The summed E-state index contributed by atoms with van der Waals surface area (Å²) in [5.41, 5.74) is 1.77. The third-order valence-corrected chi connectivity index (χ3v) is 3.48. The second kappa shape index (κ2) is 4.10. The van der Waals surface area contributed by atoms with E-state index in [4.69, 9.17) is 0 Å². The molecule has 0 radical (unpaired) electrons. The Hall–Kier alpha value is -1.88. The quantitative estimate of drug-likeness (QED) is 0.742. The minimum absolute atomic E-state index is 0.129. The number of benzene rings is 1. The second-order valence-corrected chi connectivity index (χ2v) is 4.71. The molecular weight excluding hydrogens is 230 g/mol. The number of hydrogen-bond donors (Lipinski definition) is 1. The van der Waals surface area contributed by atoms with E-state index in [1.165, 1.54) is 4.90 Å². The summed E-state index contributed by atoms with van der Waals surface area (Å²) < 4.78 is 0. The van der Waals surface area contributed by atoms with Crippen LogP contribution < -0.4 is 10.2 Å². The summed E-state index contributed by atoms with van der Waals surface area (Å²) in [6, 6.07) is 6.91. The van der Waals surface area contributed by atoms with Gasteiger partial charge in [-0.05, 0) is 19.1 Å². The van der Waals surface area contributed by atoms with Crippen molar-refractivity contribution in [2.75, 3.05) is 24.5 Å². The van der Waals surface area contributed by atoms with E-state index in [2.05, 4.69) is 5.32 Å². The smallest absolute Gasteiger partial charge is 0.312 e. The van der Waals surface area contributed by atoms with Crippen LogP contribution in [0.25, 0.3) is 0 Å². The summed E-state index contributed by atoms with van der Waals surface area (Å²) in [4.78, 5) is 27.4. The lowest BCUT2D eigenvalue weighted by Crippen LogP contribution is -2.51. The topological polar surface area (TPSA) is 52.7 Å². The lowest BCUT2D eigenvalue weighted by molar-refractivity contribution is -0.120. The number of carbonyl (C=O) groups is 2. The molecule has 5 nitrogen and oxygen atoms in total. The number of anilines is 1. The molecule has 1 aromatic rings. The summed E-state index contributed by atoms with van der Waals surface area (Å²) in [6.45, 7) is 3.87. The SMILES string of the molecule is Cc1ccc(N2C(=O)C3CNCCN3C2=O)cc1. The number of piperazine rings is 1. The van der Waals surface area contributed by atoms with Gasteiger partial charge in [0, 0.05) is 19.6 Å². The number of amides is 3. The highest BCUT2D eigenvalue weighted by Gasteiger charge is 2.46. The maximum Gasteiger partial charge on any atom is 0.332 e. The van der Waals surface area contributed by atoms with Gasteiger partial charge < -0.3 is 10.2 Å². The fourth-order valence-corrected chi connectivity index (χ4v) is 2.46. The molecule has 3 rings (SSSR count). The van der Waals surface area contributed by atoms with Crippen LogP contribution in [0.15, 0.2) is 24.3 Å². The molecule has 5 heteroatoms. The maximum absolute atomic E-state index is 12.3. The van der Waals surface area contributed by atoms with Crippen LogP contribution in [0.5, 0.6) is 0 Å². The van der Waals surface area contributed by atoms with Gasteiger partial charge in [0.05, 0.1) is 5.69 Å². The second-order valence-electron chi connectivity index (χ2n) is 4.71. The van der Waals surface area contributed by atoms with Crippen LogP contribution >= 0.6 is 0 Å². The molecular formula is C13H15N3O2. The van der Waals surface area contributed by atoms with E-state index in [0.29, 0.717) is 18.8 Å². The van der Waals surface area contributed by atoms with Crippen molar-refractivity contribution in [1.29, 1.82) is 0 Å².